The highest BCUT2D eigenvalue weighted by Crippen LogP contribution is 2.34. The molecule has 1 saturated heterocycles. The van der Waals surface area contributed by atoms with Crippen molar-refractivity contribution in [2.24, 2.45) is 0 Å². The van der Waals surface area contributed by atoms with Crippen LogP contribution in [0.15, 0.2) is 47.1 Å². The van der Waals surface area contributed by atoms with Crippen LogP contribution in [0.3, 0.4) is 0 Å². The summed E-state index contributed by atoms with van der Waals surface area (Å²) in [6, 6.07) is 8.59. The van der Waals surface area contributed by atoms with E-state index >= 15 is 0 Å². The molecule has 2 heterocycles. The summed E-state index contributed by atoms with van der Waals surface area (Å²) in [6.07, 6.45) is -1.79. The van der Waals surface area contributed by atoms with E-state index in [1.165, 1.54) is 12.1 Å². The molecule has 0 bridgehead atoms. The van der Waals surface area contributed by atoms with Gasteiger partial charge in [-0.2, -0.15) is 13.2 Å². The van der Waals surface area contributed by atoms with Crippen LogP contribution >= 0.6 is 11.8 Å². The zero-order valence-electron chi connectivity index (χ0n) is 13.5. The van der Waals surface area contributed by atoms with Crippen molar-refractivity contribution in [2.45, 2.75) is 24.3 Å². The van der Waals surface area contributed by atoms with Gasteiger partial charge in [-0.15, -0.1) is 11.8 Å². The van der Waals surface area contributed by atoms with E-state index in [1.807, 2.05) is 12.1 Å². The van der Waals surface area contributed by atoms with Crippen molar-refractivity contribution in [3.05, 3.63) is 59.5 Å². The number of alkyl halides is 3. The van der Waals surface area contributed by atoms with Crippen molar-refractivity contribution >= 4 is 17.7 Å². The number of benzene rings is 1. The topological polar surface area (TPSA) is 33.5 Å². The molecule has 0 aliphatic carbocycles. The Morgan fingerprint density at radius 2 is 1.96 bits per heavy atom. The van der Waals surface area contributed by atoms with E-state index in [0.29, 0.717) is 18.7 Å². The van der Waals surface area contributed by atoms with Crippen LogP contribution in [0.4, 0.5) is 13.2 Å². The molecule has 1 aromatic carbocycles. The standard InChI is InChI=1S/C18H18F3NO2S/c19-18(20,21)14-5-3-13(4-6-14)12-17(23)22-8-7-16(25-11-9-22)15-2-1-10-24-15/h1-6,10,16H,7-9,11-12H2. The van der Waals surface area contributed by atoms with Gasteiger partial charge in [-0.1, -0.05) is 12.1 Å². The van der Waals surface area contributed by atoms with Crippen molar-refractivity contribution in [1.29, 1.82) is 0 Å². The number of rotatable bonds is 3. The summed E-state index contributed by atoms with van der Waals surface area (Å²) < 4.78 is 43.2. The number of hydrogen-bond acceptors (Lipinski definition) is 3. The average Bonchev–Trinajstić information content (AvgIpc) is 2.99. The van der Waals surface area contributed by atoms with Crippen LogP contribution in [0, 0.1) is 0 Å². The fourth-order valence-electron chi connectivity index (χ4n) is 2.82. The van der Waals surface area contributed by atoms with Gasteiger partial charge in [0.15, 0.2) is 0 Å². The molecule has 1 aromatic heterocycles. The Balaban J connectivity index is 1.58. The number of nitrogens with zero attached hydrogens (tertiary/aromatic N) is 1. The first-order chi connectivity index (χ1) is 11.9. The van der Waals surface area contributed by atoms with Gasteiger partial charge in [0.25, 0.3) is 0 Å². The third-order valence-corrected chi connectivity index (χ3v) is 5.48. The molecule has 1 aliphatic rings. The smallest absolute Gasteiger partial charge is 0.416 e. The lowest BCUT2D eigenvalue weighted by Crippen LogP contribution is -2.34. The number of furan rings is 1. The van der Waals surface area contributed by atoms with Crippen molar-refractivity contribution in [1.82, 2.24) is 4.90 Å². The quantitative estimate of drug-likeness (QED) is 0.796. The summed E-state index contributed by atoms with van der Waals surface area (Å²) in [7, 11) is 0. The predicted molar refractivity (Wildman–Crippen MR) is 90.3 cm³/mol. The second-order valence-electron chi connectivity index (χ2n) is 5.92. The fraction of sp³-hybridized carbons (Fsp3) is 0.389. The Labute approximate surface area is 148 Å². The van der Waals surface area contributed by atoms with E-state index in [0.717, 1.165) is 30.1 Å². The number of hydrogen-bond donors (Lipinski definition) is 0. The van der Waals surface area contributed by atoms with Crippen LogP contribution in [0.5, 0.6) is 0 Å². The zero-order chi connectivity index (χ0) is 17.9. The summed E-state index contributed by atoms with van der Waals surface area (Å²) in [6.45, 7) is 1.26. The molecule has 25 heavy (non-hydrogen) atoms. The van der Waals surface area contributed by atoms with Crippen molar-refractivity contribution < 1.29 is 22.4 Å². The van der Waals surface area contributed by atoms with Crippen LogP contribution in [-0.4, -0.2) is 29.6 Å². The van der Waals surface area contributed by atoms with Crippen LogP contribution in [0.2, 0.25) is 0 Å². The zero-order valence-corrected chi connectivity index (χ0v) is 14.3. The third kappa shape index (κ3) is 4.60. The molecule has 0 saturated carbocycles. The summed E-state index contributed by atoms with van der Waals surface area (Å²) in [5.41, 5.74) is -0.103. The highest BCUT2D eigenvalue weighted by molar-refractivity contribution is 7.99. The van der Waals surface area contributed by atoms with Crippen LogP contribution in [-0.2, 0) is 17.4 Å². The van der Waals surface area contributed by atoms with Crippen LogP contribution < -0.4 is 0 Å². The molecule has 0 N–H and O–H groups in total. The molecule has 134 valence electrons. The number of carbonyl (C=O) groups is 1. The highest BCUT2D eigenvalue weighted by Gasteiger charge is 2.30. The number of halogens is 3. The average molecular weight is 369 g/mol. The maximum Gasteiger partial charge on any atom is 0.416 e. The van der Waals surface area contributed by atoms with Crippen LogP contribution in [0.25, 0.3) is 0 Å². The largest absolute Gasteiger partial charge is 0.468 e. The maximum absolute atomic E-state index is 12.6. The molecule has 1 aliphatic heterocycles. The Hall–Kier alpha value is -1.89. The first-order valence-corrected chi connectivity index (χ1v) is 9.07. The third-order valence-electron chi connectivity index (χ3n) is 4.19. The van der Waals surface area contributed by atoms with Gasteiger partial charge in [-0.05, 0) is 36.2 Å². The van der Waals surface area contributed by atoms with Gasteiger partial charge in [0.1, 0.15) is 5.76 Å². The molecular weight excluding hydrogens is 351 g/mol. The van der Waals surface area contributed by atoms with E-state index < -0.39 is 11.7 Å². The Morgan fingerprint density at radius 3 is 2.60 bits per heavy atom. The predicted octanol–water partition coefficient (Wildman–Crippen LogP) is 4.55. The number of amides is 1. The van der Waals surface area contributed by atoms with Crippen molar-refractivity contribution in [3.8, 4) is 0 Å². The molecule has 1 unspecified atom stereocenters. The minimum absolute atomic E-state index is 0.0551. The van der Waals surface area contributed by atoms with E-state index in [4.69, 9.17) is 4.42 Å². The van der Waals surface area contributed by atoms with E-state index in [1.54, 1.807) is 22.9 Å². The molecule has 3 rings (SSSR count). The van der Waals surface area contributed by atoms with E-state index in [9.17, 15) is 18.0 Å². The fourth-order valence-corrected chi connectivity index (χ4v) is 4.00. The summed E-state index contributed by atoms with van der Waals surface area (Å²) in [5, 5.41) is 0.235. The molecule has 0 radical (unpaired) electrons. The van der Waals surface area contributed by atoms with Crippen molar-refractivity contribution in [2.75, 3.05) is 18.8 Å². The SMILES string of the molecule is O=C(Cc1ccc(C(F)(F)F)cc1)N1CCSC(c2ccco2)CC1. The van der Waals surface area contributed by atoms with Gasteiger partial charge in [-0.3, -0.25) is 4.79 Å². The minimum atomic E-state index is -4.36. The minimum Gasteiger partial charge on any atom is -0.468 e. The first kappa shape index (κ1) is 17.9. The summed E-state index contributed by atoms with van der Waals surface area (Å²) in [5.74, 6) is 1.67. The molecule has 7 heteroatoms. The first-order valence-electron chi connectivity index (χ1n) is 8.02. The van der Waals surface area contributed by atoms with Gasteiger partial charge in [0.2, 0.25) is 5.91 Å². The summed E-state index contributed by atoms with van der Waals surface area (Å²) in [4.78, 5) is 14.3. The van der Waals surface area contributed by atoms with Gasteiger partial charge in [0, 0.05) is 18.8 Å². The Morgan fingerprint density at radius 1 is 1.20 bits per heavy atom. The molecular formula is C18H18F3NO2S. The molecule has 2 aromatic rings. The van der Waals surface area contributed by atoms with Gasteiger partial charge < -0.3 is 9.32 Å². The number of carbonyl (C=O) groups excluding carboxylic acids is 1. The molecule has 1 amide bonds. The van der Waals surface area contributed by atoms with E-state index in [-0.39, 0.29) is 17.6 Å². The number of thioether (sulfide) groups is 1. The lowest BCUT2D eigenvalue weighted by Gasteiger charge is -2.20. The Bertz CT molecular complexity index is 698. The van der Waals surface area contributed by atoms with Crippen molar-refractivity contribution in [3.63, 3.8) is 0 Å². The van der Waals surface area contributed by atoms with Gasteiger partial charge in [-0.25, -0.2) is 0 Å². The van der Waals surface area contributed by atoms with E-state index in [2.05, 4.69) is 0 Å². The second kappa shape index (κ2) is 7.56. The highest BCUT2D eigenvalue weighted by atomic mass is 32.2. The second-order valence-corrected chi connectivity index (χ2v) is 7.23. The Kier molecular flexibility index (Phi) is 5.42. The van der Waals surface area contributed by atoms with Crippen LogP contribution in [0.1, 0.15) is 28.6 Å². The molecule has 0 spiro atoms. The summed E-state index contributed by atoms with van der Waals surface area (Å²) >= 11 is 1.76. The van der Waals surface area contributed by atoms with Gasteiger partial charge in [0.05, 0.1) is 23.5 Å². The molecule has 1 fully saturated rings. The lowest BCUT2D eigenvalue weighted by molar-refractivity contribution is -0.137. The normalized spacial score (nSPS) is 18.8. The molecule has 1 atom stereocenters. The lowest BCUT2D eigenvalue weighted by atomic mass is 10.1. The maximum atomic E-state index is 12.6. The van der Waals surface area contributed by atoms with Gasteiger partial charge >= 0.3 is 6.18 Å². The molecule has 3 nitrogen and oxygen atoms in total. The monoisotopic (exact) mass is 369 g/mol.